The molecule has 3 aliphatic rings. The molecular weight excluding hydrogens is 723 g/mol. The Morgan fingerprint density at radius 1 is 0.982 bits per heavy atom. The minimum absolute atomic E-state index is 0.0731. The number of hydrogen-bond donors (Lipinski definition) is 2. The number of benzene rings is 2. The lowest BCUT2D eigenvalue weighted by molar-refractivity contribution is -0.141. The fourth-order valence-electron chi connectivity index (χ4n) is 7.85. The number of carbonyl (C=O) groups excluding carboxylic acids is 3. The van der Waals surface area contributed by atoms with Crippen LogP contribution in [-0.4, -0.2) is 74.6 Å². The number of anilines is 2. The van der Waals surface area contributed by atoms with E-state index < -0.39 is 36.3 Å². The van der Waals surface area contributed by atoms with Crippen LogP contribution < -0.4 is 15.5 Å². The van der Waals surface area contributed by atoms with Gasteiger partial charge in [0.15, 0.2) is 0 Å². The zero-order valence-corrected chi connectivity index (χ0v) is 29.3. The molecular formula is C39H35F5N8O3. The molecule has 16 heteroatoms. The maximum absolute atomic E-state index is 16.0. The van der Waals surface area contributed by atoms with E-state index in [9.17, 15) is 27.6 Å². The molecule has 1 saturated heterocycles. The average Bonchev–Trinajstić information content (AvgIpc) is 3.58. The van der Waals surface area contributed by atoms with E-state index in [0.29, 0.717) is 46.3 Å². The topological polar surface area (TPSA) is 125 Å². The van der Waals surface area contributed by atoms with E-state index in [0.717, 1.165) is 43.2 Å². The summed E-state index contributed by atoms with van der Waals surface area (Å²) < 4.78 is 73.0. The molecule has 1 aliphatic carbocycles. The Morgan fingerprint density at radius 2 is 1.78 bits per heavy atom. The third-order valence-corrected chi connectivity index (χ3v) is 10.5. The van der Waals surface area contributed by atoms with E-state index in [1.807, 2.05) is 10.9 Å². The average molecular weight is 759 g/mol. The molecule has 0 bridgehead atoms. The summed E-state index contributed by atoms with van der Waals surface area (Å²) in [5.41, 5.74) is 0.327. The van der Waals surface area contributed by atoms with E-state index in [-0.39, 0.29) is 42.1 Å². The van der Waals surface area contributed by atoms with Gasteiger partial charge in [-0.25, -0.2) is 9.78 Å². The van der Waals surface area contributed by atoms with Gasteiger partial charge in [0.1, 0.15) is 11.4 Å². The van der Waals surface area contributed by atoms with Gasteiger partial charge in [0.05, 0.1) is 30.0 Å². The quantitative estimate of drug-likeness (QED) is 0.165. The zero-order chi connectivity index (χ0) is 38.5. The van der Waals surface area contributed by atoms with Crippen LogP contribution in [0.2, 0.25) is 0 Å². The lowest BCUT2D eigenvalue weighted by Crippen LogP contribution is -2.49. The third kappa shape index (κ3) is 7.37. The van der Waals surface area contributed by atoms with Crippen molar-refractivity contribution in [1.29, 1.82) is 0 Å². The van der Waals surface area contributed by atoms with Gasteiger partial charge < -0.3 is 5.32 Å². The fourth-order valence-corrected chi connectivity index (χ4v) is 7.85. The molecule has 1 saturated carbocycles. The molecule has 0 spiro atoms. The number of hydrogen-bond acceptors (Lipinski definition) is 7. The summed E-state index contributed by atoms with van der Waals surface area (Å²) in [6.07, 6.45) is 5.25. The minimum atomic E-state index is -4.67. The molecule has 5 aromatic rings. The third-order valence-electron chi connectivity index (χ3n) is 10.5. The molecule has 5 heterocycles. The predicted octanol–water partition coefficient (Wildman–Crippen LogP) is 7.46. The number of halogens is 5. The van der Waals surface area contributed by atoms with Gasteiger partial charge in [-0.1, -0.05) is 30.3 Å². The summed E-state index contributed by atoms with van der Waals surface area (Å²) in [7, 11) is 0. The van der Waals surface area contributed by atoms with Crippen LogP contribution in [-0.2, 0) is 11.0 Å². The number of nitrogens with zero attached hydrogens (tertiary/aromatic N) is 6. The Balaban J connectivity index is 0.897. The van der Waals surface area contributed by atoms with E-state index >= 15 is 8.78 Å². The maximum Gasteiger partial charge on any atom is 0.433 e. The van der Waals surface area contributed by atoms with E-state index in [1.165, 1.54) is 23.4 Å². The summed E-state index contributed by atoms with van der Waals surface area (Å²) in [6, 6.07) is 12.9. The van der Waals surface area contributed by atoms with Gasteiger partial charge in [0.25, 0.3) is 11.8 Å². The van der Waals surface area contributed by atoms with Crippen molar-refractivity contribution in [3.8, 4) is 0 Å². The Bertz CT molecular complexity index is 2350. The van der Waals surface area contributed by atoms with Gasteiger partial charge in [0, 0.05) is 65.9 Å². The first-order chi connectivity index (χ1) is 26.3. The monoisotopic (exact) mass is 758 g/mol. The van der Waals surface area contributed by atoms with Gasteiger partial charge in [-0.3, -0.25) is 34.4 Å². The number of imide groups is 1. The van der Waals surface area contributed by atoms with Crippen molar-refractivity contribution in [3.63, 3.8) is 0 Å². The van der Waals surface area contributed by atoms with Gasteiger partial charge in [-0.05, 0) is 67.5 Å². The highest BCUT2D eigenvalue weighted by Gasteiger charge is 2.41. The highest BCUT2D eigenvalue weighted by molar-refractivity contribution is 6.11. The lowest BCUT2D eigenvalue weighted by Gasteiger charge is -2.37. The molecule has 11 nitrogen and oxygen atoms in total. The Morgan fingerprint density at radius 3 is 2.55 bits per heavy atom. The number of nitrogens with one attached hydrogen (secondary N) is 2. The van der Waals surface area contributed by atoms with Crippen molar-refractivity contribution < 1.29 is 36.3 Å². The standard InChI is InChI=1S/C39H35F5N8O3/c40-38(41)22-50(15-13-30(38)27-3-1-4-28-29(27)18-45-19-33(28)51-16-14-35(53)48-37(51)55)20-23-7-10-26(11-8-23)52-21-24-17-25(9-12-31(24)49-52)46-36(54)32-5-2-6-34(47-32)39(42,43)44/h1-6,9,12-13,17-19,21,23,26H,7-8,10-11,14-16,20,22H2,(H,46,54)(H,48,53,55)/t23-,26-. The van der Waals surface area contributed by atoms with E-state index in [2.05, 4.69) is 20.6 Å². The number of pyridine rings is 2. The number of alkyl halides is 5. The summed E-state index contributed by atoms with van der Waals surface area (Å²) in [5, 5.41) is 11.5. The normalized spacial score (nSPS) is 20.7. The van der Waals surface area contributed by atoms with Crippen LogP contribution in [0.3, 0.4) is 0 Å². The van der Waals surface area contributed by atoms with Crippen LogP contribution >= 0.6 is 0 Å². The van der Waals surface area contributed by atoms with Crippen LogP contribution in [0.1, 0.15) is 59.9 Å². The first-order valence-corrected chi connectivity index (χ1v) is 18.0. The number of fused-ring (bicyclic) bond motifs is 2. The highest BCUT2D eigenvalue weighted by atomic mass is 19.4. The molecule has 55 heavy (non-hydrogen) atoms. The van der Waals surface area contributed by atoms with E-state index in [1.54, 1.807) is 47.4 Å². The Labute approximate surface area is 311 Å². The fraction of sp³-hybridized carbons (Fsp3) is 0.333. The lowest BCUT2D eigenvalue weighted by atomic mass is 9.85. The van der Waals surface area contributed by atoms with Gasteiger partial charge in [-0.15, -0.1) is 0 Å². The number of urea groups is 1. The van der Waals surface area contributed by atoms with Gasteiger partial charge in [0.2, 0.25) is 5.91 Å². The number of amides is 4. The summed E-state index contributed by atoms with van der Waals surface area (Å²) in [4.78, 5) is 47.8. The van der Waals surface area contributed by atoms with E-state index in [4.69, 9.17) is 5.10 Å². The maximum atomic E-state index is 16.0. The molecule has 2 fully saturated rings. The first kappa shape index (κ1) is 36.2. The van der Waals surface area contributed by atoms with Crippen LogP contribution in [0.4, 0.5) is 38.1 Å². The zero-order valence-electron chi connectivity index (χ0n) is 29.3. The number of carbonyl (C=O) groups is 3. The van der Waals surface area contributed by atoms with Gasteiger partial charge >= 0.3 is 12.2 Å². The molecule has 2 N–H and O–H groups in total. The largest absolute Gasteiger partial charge is 0.433 e. The second-order valence-corrected chi connectivity index (χ2v) is 14.2. The molecule has 8 rings (SSSR count). The molecule has 2 aromatic carbocycles. The summed E-state index contributed by atoms with van der Waals surface area (Å²) in [6.45, 7) is 0.632. The molecule has 0 radical (unpaired) electrons. The Hall–Kier alpha value is -5.77. The smallest absolute Gasteiger partial charge is 0.321 e. The Kier molecular flexibility index (Phi) is 9.31. The molecule has 3 aromatic heterocycles. The summed E-state index contributed by atoms with van der Waals surface area (Å²) >= 11 is 0. The SMILES string of the molecule is O=C1CCN(c2cncc3c(C4=CCN(C[C@H]5CC[C@H](n6cc7cc(NC(=O)c8cccc(C(F)(F)F)n8)ccc7n6)CC5)CC4(F)F)cccc23)C(=O)N1. The summed E-state index contributed by atoms with van der Waals surface area (Å²) in [5.74, 6) is -4.04. The predicted molar refractivity (Wildman–Crippen MR) is 195 cm³/mol. The van der Waals surface area contributed by atoms with Crippen LogP contribution in [0, 0.1) is 5.92 Å². The molecule has 284 valence electrons. The molecule has 0 unspecified atom stereocenters. The van der Waals surface area contributed by atoms with Crippen molar-refractivity contribution in [1.82, 2.24) is 30.0 Å². The number of rotatable bonds is 7. The minimum Gasteiger partial charge on any atom is -0.321 e. The van der Waals surface area contributed by atoms with Crippen molar-refractivity contribution in [3.05, 3.63) is 96.2 Å². The molecule has 0 atom stereocenters. The second-order valence-electron chi connectivity index (χ2n) is 14.2. The second kappa shape index (κ2) is 14.1. The van der Waals surface area contributed by atoms with Crippen LogP contribution in [0.15, 0.2) is 79.3 Å². The molecule has 2 aliphatic heterocycles. The number of aromatic nitrogens is 4. The van der Waals surface area contributed by atoms with Gasteiger partial charge in [-0.2, -0.15) is 27.1 Å². The van der Waals surface area contributed by atoms with Crippen LogP contribution in [0.5, 0.6) is 0 Å². The van der Waals surface area contributed by atoms with Crippen LogP contribution in [0.25, 0.3) is 27.2 Å². The molecule has 4 amide bonds. The van der Waals surface area contributed by atoms with Crippen molar-refractivity contribution >= 4 is 56.5 Å². The van der Waals surface area contributed by atoms with Crippen molar-refractivity contribution in [2.75, 3.05) is 36.4 Å². The van der Waals surface area contributed by atoms with Crippen molar-refractivity contribution in [2.45, 2.75) is 50.2 Å². The first-order valence-electron chi connectivity index (χ1n) is 18.0. The van der Waals surface area contributed by atoms with Crippen molar-refractivity contribution in [2.24, 2.45) is 5.92 Å². The highest BCUT2D eigenvalue weighted by Crippen LogP contribution is 2.42.